The number of alkyl halides is 2. The molecule has 7 heteroatoms. The van der Waals surface area contributed by atoms with E-state index in [9.17, 15) is 13.6 Å². The molecule has 1 aromatic rings. The normalized spacial score (nSPS) is 14.7. The summed E-state index contributed by atoms with van der Waals surface area (Å²) >= 11 is 1.95. The molecule has 0 fully saturated rings. The van der Waals surface area contributed by atoms with Crippen LogP contribution < -0.4 is 5.32 Å². The number of nitrogens with one attached hydrogen (secondary N) is 1. The van der Waals surface area contributed by atoms with Crippen LogP contribution in [0, 0.1) is 0 Å². The summed E-state index contributed by atoms with van der Waals surface area (Å²) in [5.74, 6) is -1.84. The molecule has 0 spiro atoms. The van der Waals surface area contributed by atoms with E-state index in [1.54, 1.807) is 0 Å². The van der Waals surface area contributed by atoms with Crippen molar-refractivity contribution in [3.8, 4) is 0 Å². The third kappa shape index (κ3) is 3.71. The molecule has 1 heterocycles. The van der Waals surface area contributed by atoms with Crippen LogP contribution in [0.4, 0.5) is 8.78 Å². The third-order valence-corrected chi connectivity index (χ3v) is 3.76. The number of carbonyl (C=O) groups is 1. The van der Waals surface area contributed by atoms with Crippen LogP contribution >= 0.6 is 23.5 Å². The Morgan fingerprint density at radius 3 is 2.67 bits per heavy atom. The van der Waals surface area contributed by atoms with E-state index in [0.29, 0.717) is 33.9 Å². The van der Waals surface area contributed by atoms with Gasteiger partial charge in [0.1, 0.15) is 0 Å². The fraction of sp³-hybridized carbons (Fsp3) is 0.273. The topological polar surface area (TPSA) is 41.5 Å². The molecule has 1 N–H and O–H groups in total. The predicted molar refractivity (Wildman–Crippen MR) is 70.5 cm³/mol. The molecule has 0 bridgehead atoms. The molecule has 0 aromatic heterocycles. The van der Waals surface area contributed by atoms with E-state index >= 15 is 0 Å². The van der Waals surface area contributed by atoms with Gasteiger partial charge in [-0.25, -0.2) is 0 Å². The summed E-state index contributed by atoms with van der Waals surface area (Å²) in [5.41, 5.74) is 0.434. The zero-order valence-corrected chi connectivity index (χ0v) is 10.9. The van der Waals surface area contributed by atoms with Gasteiger partial charge in [0.2, 0.25) is 0 Å². The minimum Gasteiger partial charge on any atom is -0.301 e. The quantitative estimate of drug-likeness (QED) is 0.870. The first kappa shape index (κ1) is 13.4. The number of halogens is 2. The number of benzene rings is 1. The zero-order chi connectivity index (χ0) is 13.0. The van der Waals surface area contributed by atoms with Crippen molar-refractivity contribution in [3.05, 3.63) is 29.8 Å². The van der Waals surface area contributed by atoms with Crippen LogP contribution in [0.1, 0.15) is 10.4 Å². The van der Waals surface area contributed by atoms with Gasteiger partial charge in [0.05, 0.1) is 6.54 Å². The van der Waals surface area contributed by atoms with Crippen LogP contribution in [0.2, 0.25) is 0 Å². The highest BCUT2D eigenvalue weighted by Gasteiger charge is 2.13. The highest BCUT2D eigenvalue weighted by atomic mass is 32.2. The predicted octanol–water partition coefficient (Wildman–Crippen LogP) is 2.83. The van der Waals surface area contributed by atoms with Crippen LogP contribution in [0.5, 0.6) is 0 Å². The number of amidine groups is 1. The summed E-state index contributed by atoms with van der Waals surface area (Å²) in [5, 5.41) is 3.29. The van der Waals surface area contributed by atoms with E-state index in [2.05, 4.69) is 10.3 Å². The van der Waals surface area contributed by atoms with Gasteiger partial charge < -0.3 is 5.32 Å². The summed E-state index contributed by atoms with van der Waals surface area (Å²) in [7, 11) is 0. The van der Waals surface area contributed by atoms with Gasteiger partial charge in [0.25, 0.3) is 11.7 Å². The van der Waals surface area contributed by atoms with E-state index in [4.69, 9.17) is 0 Å². The van der Waals surface area contributed by atoms with Gasteiger partial charge in [0.15, 0.2) is 5.17 Å². The van der Waals surface area contributed by atoms with E-state index in [1.807, 2.05) is 0 Å². The van der Waals surface area contributed by atoms with Gasteiger partial charge in [-0.15, -0.1) is 0 Å². The van der Waals surface area contributed by atoms with Gasteiger partial charge in [0, 0.05) is 16.2 Å². The Morgan fingerprint density at radius 1 is 1.39 bits per heavy atom. The molecule has 3 nitrogen and oxygen atoms in total. The summed E-state index contributed by atoms with van der Waals surface area (Å²) in [6.45, 7) is 0.713. The molecule has 96 valence electrons. The van der Waals surface area contributed by atoms with Crippen LogP contribution in [0.15, 0.2) is 34.2 Å². The zero-order valence-electron chi connectivity index (χ0n) is 9.23. The number of thioether (sulfide) groups is 2. The third-order valence-electron chi connectivity index (χ3n) is 2.15. The molecule has 0 aliphatic carbocycles. The van der Waals surface area contributed by atoms with Crippen molar-refractivity contribution in [2.75, 3.05) is 12.3 Å². The fourth-order valence-corrected chi connectivity index (χ4v) is 2.59. The molecular formula is C11H10F2N2OS2. The molecule has 18 heavy (non-hydrogen) atoms. The lowest BCUT2D eigenvalue weighted by Crippen LogP contribution is -2.27. The molecule has 1 amide bonds. The Labute approximate surface area is 111 Å². The number of rotatable bonds is 3. The van der Waals surface area contributed by atoms with E-state index in [0.717, 1.165) is 5.75 Å². The minimum atomic E-state index is -2.45. The Kier molecular flexibility index (Phi) is 4.60. The molecule has 1 aliphatic heterocycles. The van der Waals surface area contributed by atoms with Crippen molar-refractivity contribution in [1.29, 1.82) is 0 Å². The smallest absolute Gasteiger partial charge is 0.288 e. The first-order valence-corrected chi connectivity index (χ1v) is 7.05. The summed E-state index contributed by atoms with van der Waals surface area (Å²) in [6.07, 6.45) is 0. The Morgan fingerprint density at radius 2 is 2.11 bits per heavy atom. The van der Waals surface area contributed by atoms with E-state index in [1.165, 1.54) is 36.0 Å². The van der Waals surface area contributed by atoms with E-state index in [-0.39, 0.29) is 5.91 Å². The molecule has 0 unspecified atom stereocenters. The fourth-order valence-electron chi connectivity index (χ4n) is 1.37. The monoisotopic (exact) mass is 288 g/mol. The van der Waals surface area contributed by atoms with Gasteiger partial charge >= 0.3 is 0 Å². The van der Waals surface area contributed by atoms with Crippen LogP contribution in [-0.4, -0.2) is 29.1 Å². The Bertz CT molecular complexity index is 463. The highest BCUT2D eigenvalue weighted by Crippen LogP contribution is 2.25. The lowest BCUT2D eigenvalue weighted by atomic mass is 10.2. The maximum atomic E-state index is 12.1. The SMILES string of the molecule is O=C(NC1=NCCS1)c1ccc(SC(F)F)cc1. The largest absolute Gasteiger partial charge is 0.301 e. The molecule has 1 aromatic carbocycles. The van der Waals surface area contributed by atoms with Gasteiger partial charge in [-0.1, -0.05) is 23.5 Å². The first-order chi connectivity index (χ1) is 8.65. The number of amides is 1. The molecule has 0 radical (unpaired) electrons. The standard InChI is InChI=1S/C11H10F2N2OS2/c12-10(13)18-8-3-1-7(2-4-8)9(16)15-11-14-5-6-17-11/h1-4,10H,5-6H2,(H,14,15,16). The van der Waals surface area contributed by atoms with Crippen molar-refractivity contribution in [2.45, 2.75) is 10.7 Å². The van der Waals surface area contributed by atoms with Gasteiger partial charge in [-0.05, 0) is 24.3 Å². The highest BCUT2D eigenvalue weighted by molar-refractivity contribution is 8.14. The molecule has 0 saturated carbocycles. The second kappa shape index (κ2) is 6.19. The van der Waals surface area contributed by atoms with Crippen molar-refractivity contribution in [3.63, 3.8) is 0 Å². The van der Waals surface area contributed by atoms with Crippen molar-refractivity contribution in [2.24, 2.45) is 4.99 Å². The van der Waals surface area contributed by atoms with Gasteiger partial charge in [-0.3, -0.25) is 9.79 Å². The Balaban J connectivity index is 1.98. The molecule has 0 saturated heterocycles. The average molecular weight is 288 g/mol. The average Bonchev–Trinajstić information content (AvgIpc) is 2.82. The van der Waals surface area contributed by atoms with Crippen molar-refractivity contribution in [1.82, 2.24) is 5.32 Å². The summed E-state index contributed by atoms with van der Waals surface area (Å²) < 4.78 is 24.2. The maximum absolute atomic E-state index is 12.1. The van der Waals surface area contributed by atoms with E-state index < -0.39 is 5.76 Å². The lowest BCUT2D eigenvalue weighted by Gasteiger charge is -2.05. The second-order valence-electron chi connectivity index (χ2n) is 3.39. The summed E-state index contributed by atoms with van der Waals surface area (Å²) in [4.78, 5) is 16.3. The maximum Gasteiger partial charge on any atom is 0.288 e. The Hall–Kier alpha value is -1.08. The molecule has 2 rings (SSSR count). The molecule has 0 atom stereocenters. The van der Waals surface area contributed by atoms with Gasteiger partial charge in [-0.2, -0.15) is 8.78 Å². The van der Waals surface area contributed by atoms with Crippen LogP contribution in [-0.2, 0) is 0 Å². The number of hydrogen-bond acceptors (Lipinski definition) is 4. The number of nitrogens with zero attached hydrogens (tertiary/aromatic N) is 1. The van der Waals surface area contributed by atoms with Crippen LogP contribution in [0.25, 0.3) is 0 Å². The first-order valence-electron chi connectivity index (χ1n) is 5.18. The summed E-state index contributed by atoms with van der Waals surface area (Å²) in [6, 6.07) is 6.07. The molecular weight excluding hydrogens is 278 g/mol. The van der Waals surface area contributed by atoms with Crippen molar-refractivity contribution >= 4 is 34.6 Å². The van der Waals surface area contributed by atoms with Crippen LogP contribution in [0.3, 0.4) is 0 Å². The molecule has 1 aliphatic rings. The van der Waals surface area contributed by atoms with Crippen molar-refractivity contribution < 1.29 is 13.6 Å². The number of aliphatic imine (C=N–C) groups is 1. The lowest BCUT2D eigenvalue weighted by molar-refractivity contribution is 0.0978. The number of carbonyl (C=O) groups excluding carboxylic acids is 1. The minimum absolute atomic E-state index is 0.267. The second-order valence-corrected chi connectivity index (χ2v) is 5.54. The number of hydrogen-bond donors (Lipinski definition) is 1.